The number of aryl methyl sites for hydroxylation is 2. The van der Waals surface area contributed by atoms with Gasteiger partial charge in [-0.2, -0.15) is 5.26 Å². The maximum absolute atomic E-state index is 9.14. The standard InChI is InChI=1S/C15H12N4/c1-10-6-12-15(7-11(10)2)19(9-18-12)14-4-3-5-17-13(14)8-16/h3-7,9H,1-2H3. The lowest BCUT2D eigenvalue weighted by molar-refractivity contribution is 1.05. The molecule has 3 aromatic rings. The van der Waals surface area contributed by atoms with Crippen LogP contribution in [0.15, 0.2) is 36.8 Å². The summed E-state index contributed by atoms with van der Waals surface area (Å²) in [7, 11) is 0. The zero-order valence-electron chi connectivity index (χ0n) is 10.8. The lowest BCUT2D eigenvalue weighted by Crippen LogP contribution is -1.98. The third-order valence-corrected chi connectivity index (χ3v) is 3.31. The number of pyridine rings is 1. The molecular weight excluding hydrogens is 236 g/mol. The molecule has 0 N–H and O–H groups in total. The molecule has 2 heterocycles. The molecule has 0 unspecified atom stereocenters. The lowest BCUT2D eigenvalue weighted by Gasteiger charge is -2.06. The Balaban J connectivity index is 2.32. The van der Waals surface area contributed by atoms with E-state index in [-0.39, 0.29) is 0 Å². The molecule has 2 aromatic heterocycles. The predicted molar refractivity (Wildman–Crippen MR) is 73.1 cm³/mol. The highest BCUT2D eigenvalue weighted by atomic mass is 15.1. The molecule has 19 heavy (non-hydrogen) atoms. The second-order valence-corrected chi connectivity index (χ2v) is 4.52. The van der Waals surface area contributed by atoms with Crippen LogP contribution in [0.2, 0.25) is 0 Å². The van der Waals surface area contributed by atoms with E-state index in [4.69, 9.17) is 5.26 Å². The highest BCUT2D eigenvalue weighted by Gasteiger charge is 2.10. The zero-order chi connectivity index (χ0) is 13.4. The molecule has 0 bridgehead atoms. The molecule has 0 aliphatic heterocycles. The van der Waals surface area contributed by atoms with E-state index >= 15 is 0 Å². The summed E-state index contributed by atoms with van der Waals surface area (Å²) in [6, 6.07) is 9.96. The molecular formula is C15H12N4. The summed E-state index contributed by atoms with van der Waals surface area (Å²) in [4.78, 5) is 8.49. The van der Waals surface area contributed by atoms with E-state index in [2.05, 4.69) is 42.0 Å². The van der Waals surface area contributed by atoms with Gasteiger partial charge >= 0.3 is 0 Å². The van der Waals surface area contributed by atoms with Crippen LogP contribution in [0, 0.1) is 25.2 Å². The number of aromatic nitrogens is 3. The Kier molecular flexibility index (Phi) is 2.53. The number of benzene rings is 1. The van der Waals surface area contributed by atoms with Crippen molar-refractivity contribution in [2.45, 2.75) is 13.8 Å². The van der Waals surface area contributed by atoms with Crippen molar-refractivity contribution in [3.63, 3.8) is 0 Å². The van der Waals surface area contributed by atoms with Crippen molar-refractivity contribution in [3.05, 3.63) is 53.6 Å². The van der Waals surface area contributed by atoms with Crippen LogP contribution < -0.4 is 0 Å². The van der Waals surface area contributed by atoms with Crippen LogP contribution >= 0.6 is 0 Å². The third kappa shape index (κ3) is 1.76. The summed E-state index contributed by atoms with van der Waals surface area (Å²) in [6.07, 6.45) is 3.36. The van der Waals surface area contributed by atoms with E-state index in [0.29, 0.717) is 5.69 Å². The molecule has 1 aromatic carbocycles. The van der Waals surface area contributed by atoms with Crippen LogP contribution in [-0.4, -0.2) is 14.5 Å². The van der Waals surface area contributed by atoms with Gasteiger partial charge in [0.2, 0.25) is 0 Å². The number of imidazole rings is 1. The van der Waals surface area contributed by atoms with E-state index in [1.54, 1.807) is 12.5 Å². The van der Waals surface area contributed by atoms with E-state index in [9.17, 15) is 0 Å². The van der Waals surface area contributed by atoms with Gasteiger partial charge in [-0.1, -0.05) is 0 Å². The molecule has 0 saturated heterocycles. The fourth-order valence-corrected chi connectivity index (χ4v) is 2.13. The van der Waals surface area contributed by atoms with Gasteiger partial charge in [0.15, 0.2) is 5.69 Å². The second-order valence-electron chi connectivity index (χ2n) is 4.52. The van der Waals surface area contributed by atoms with Crippen molar-refractivity contribution in [1.29, 1.82) is 5.26 Å². The number of fused-ring (bicyclic) bond motifs is 1. The van der Waals surface area contributed by atoms with Gasteiger partial charge in [-0.3, -0.25) is 4.57 Å². The van der Waals surface area contributed by atoms with Crippen molar-refractivity contribution in [1.82, 2.24) is 14.5 Å². The Hall–Kier alpha value is -2.67. The van der Waals surface area contributed by atoms with E-state index < -0.39 is 0 Å². The molecule has 4 heteroatoms. The number of hydrogen-bond acceptors (Lipinski definition) is 3. The molecule has 3 rings (SSSR count). The Morgan fingerprint density at radius 3 is 2.74 bits per heavy atom. The molecule has 0 spiro atoms. The highest BCUT2D eigenvalue weighted by molar-refractivity contribution is 5.79. The van der Waals surface area contributed by atoms with Crippen LogP contribution in [0.25, 0.3) is 16.7 Å². The first-order valence-corrected chi connectivity index (χ1v) is 6.00. The van der Waals surface area contributed by atoms with Gasteiger partial charge in [0.05, 0.1) is 16.7 Å². The summed E-state index contributed by atoms with van der Waals surface area (Å²) in [5.74, 6) is 0. The Morgan fingerprint density at radius 1 is 1.16 bits per heavy atom. The van der Waals surface area contributed by atoms with Gasteiger partial charge in [0, 0.05) is 6.20 Å². The van der Waals surface area contributed by atoms with Gasteiger partial charge in [-0.05, 0) is 49.2 Å². The first-order valence-electron chi connectivity index (χ1n) is 6.00. The summed E-state index contributed by atoms with van der Waals surface area (Å²) in [6.45, 7) is 4.14. The quantitative estimate of drug-likeness (QED) is 0.665. The summed E-state index contributed by atoms with van der Waals surface area (Å²) >= 11 is 0. The maximum Gasteiger partial charge on any atom is 0.164 e. The van der Waals surface area contributed by atoms with E-state index in [1.165, 1.54) is 11.1 Å². The van der Waals surface area contributed by atoms with Crippen LogP contribution in [0.5, 0.6) is 0 Å². The van der Waals surface area contributed by atoms with Crippen LogP contribution in [0.1, 0.15) is 16.8 Å². The van der Waals surface area contributed by atoms with Crippen molar-refractivity contribution < 1.29 is 0 Å². The minimum absolute atomic E-state index is 0.403. The largest absolute Gasteiger partial charge is 0.296 e. The van der Waals surface area contributed by atoms with Crippen LogP contribution in [0.3, 0.4) is 0 Å². The number of nitriles is 1. The Bertz CT molecular complexity index is 809. The minimum atomic E-state index is 0.403. The average Bonchev–Trinajstić information content (AvgIpc) is 2.82. The molecule has 0 radical (unpaired) electrons. The number of hydrogen-bond donors (Lipinski definition) is 0. The fourth-order valence-electron chi connectivity index (χ4n) is 2.13. The van der Waals surface area contributed by atoms with Crippen LogP contribution in [-0.2, 0) is 0 Å². The lowest BCUT2D eigenvalue weighted by atomic mass is 10.1. The molecule has 0 fully saturated rings. The zero-order valence-corrected chi connectivity index (χ0v) is 10.8. The normalized spacial score (nSPS) is 10.6. The summed E-state index contributed by atoms with van der Waals surface area (Å²) in [5, 5.41) is 9.14. The summed E-state index contributed by atoms with van der Waals surface area (Å²) in [5.41, 5.74) is 5.50. The van der Waals surface area contributed by atoms with Gasteiger partial charge < -0.3 is 0 Å². The molecule has 0 aliphatic carbocycles. The topological polar surface area (TPSA) is 54.5 Å². The van der Waals surface area contributed by atoms with Crippen molar-refractivity contribution in [2.75, 3.05) is 0 Å². The Morgan fingerprint density at radius 2 is 1.95 bits per heavy atom. The summed E-state index contributed by atoms with van der Waals surface area (Å²) < 4.78 is 1.91. The fraction of sp³-hybridized carbons (Fsp3) is 0.133. The number of rotatable bonds is 1. The predicted octanol–water partition coefficient (Wildman–Crippen LogP) is 2.91. The molecule has 0 atom stereocenters. The Labute approximate surface area is 111 Å². The van der Waals surface area contributed by atoms with Crippen molar-refractivity contribution in [2.24, 2.45) is 0 Å². The van der Waals surface area contributed by atoms with Gasteiger partial charge in [-0.15, -0.1) is 0 Å². The van der Waals surface area contributed by atoms with Crippen molar-refractivity contribution >= 4 is 11.0 Å². The number of nitrogens with zero attached hydrogens (tertiary/aromatic N) is 4. The van der Waals surface area contributed by atoms with Gasteiger partial charge in [-0.25, -0.2) is 9.97 Å². The molecule has 92 valence electrons. The third-order valence-electron chi connectivity index (χ3n) is 3.31. The SMILES string of the molecule is Cc1cc2ncn(-c3cccnc3C#N)c2cc1C. The molecule has 0 saturated carbocycles. The maximum atomic E-state index is 9.14. The first kappa shape index (κ1) is 11.4. The molecule has 0 amide bonds. The molecule has 4 nitrogen and oxygen atoms in total. The monoisotopic (exact) mass is 248 g/mol. The smallest absolute Gasteiger partial charge is 0.164 e. The van der Waals surface area contributed by atoms with Gasteiger partial charge in [0.25, 0.3) is 0 Å². The van der Waals surface area contributed by atoms with E-state index in [1.807, 2.05) is 16.7 Å². The van der Waals surface area contributed by atoms with E-state index in [0.717, 1.165) is 16.7 Å². The van der Waals surface area contributed by atoms with Gasteiger partial charge in [0.1, 0.15) is 12.4 Å². The highest BCUT2D eigenvalue weighted by Crippen LogP contribution is 2.22. The first-order chi connectivity index (χ1) is 9.20. The molecule has 0 aliphatic rings. The second kappa shape index (κ2) is 4.21. The average molecular weight is 248 g/mol. The van der Waals surface area contributed by atoms with Crippen molar-refractivity contribution in [3.8, 4) is 11.8 Å². The van der Waals surface area contributed by atoms with Crippen LogP contribution in [0.4, 0.5) is 0 Å². The minimum Gasteiger partial charge on any atom is -0.296 e.